The minimum absolute atomic E-state index is 0.0537. The number of benzene rings is 1. The van der Waals surface area contributed by atoms with E-state index in [9.17, 15) is 14.9 Å². The molecule has 0 spiro atoms. The maximum absolute atomic E-state index is 12.0. The summed E-state index contributed by atoms with van der Waals surface area (Å²) >= 11 is 1.47. The van der Waals surface area contributed by atoms with Crippen LogP contribution < -0.4 is 11.1 Å². The zero-order valence-electron chi connectivity index (χ0n) is 10.6. The van der Waals surface area contributed by atoms with Crippen LogP contribution in [0.25, 0.3) is 0 Å². The highest BCUT2D eigenvalue weighted by molar-refractivity contribution is 7.09. The van der Waals surface area contributed by atoms with Crippen LogP contribution in [0.3, 0.4) is 0 Å². The molecule has 0 aliphatic rings. The number of nitrogen functional groups attached to an aromatic ring is 1. The van der Waals surface area contributed by atoms with Crippen molar-refractivity contribution in [3.63, 3.8) is 0 Å². The van der Waals surface area contributed by atoms with E-state index in [4.69, 9.17) is 5.73 Å². The van der Waals surface area contributed by atoms with Gasteiger partial charge in [-0.25, -0.2) is 4.98 Å². The molecule has 1 heterocycles. The quantitative estimate of drug-likeness (QED) is 0.507. The lowest BCUT2D eigenvalue weighted by molar-refractivity contribution is -0.385. The highest BCUT2D eigenvalue weighted by atomic mass is 32.1. The van der Waals surface area contributed by atoms with E-state index in [-0.39, 0.29) is 17.8 Å². The Morgan fingerprint density at radius 1 is 1.55 bits per heavy atom. The average molecular weight is 292 g/mol. The first-order chi connectivity index (χ1) is 9.47. The van der Waals surface area contributed by atoms with Crippen molar-refractivity contribution in [1.29, 1.82) is 0 Å². The number of nitrogens with one attached hydrogen (secondary N) is 1. The maximum atomic E-state index is 12.0. The Balaban J connectivity index is 2.16. The smallest absolute Gasteiger partial charge is 0.282 e. The Hall–Kier alpha value is -2.48. The van der Waals surface area contributed by atoms with Gasteiger partial charge in [-0.2, -0.15) is 0 Å². The van der Waals surface area contributed by atoms with E-state index in [2.05, 4.69) is 10.3 Å². The number of nitro benzene ring substituents is 1. The molecule has 0 bridgehead atoms. The molecule has 0 radical (unpaired) electrons. The molecule has 0 saturated heterocycles. The van der Waals surface area contributed by atoms with Gasteiger partial charge in [-0.15, -0.1) is 11.3 Å². The summed E-state index contributed by atoms with van der Waals surface area (Å²) in [7, 11) is 0. The van der Waals surface area contributed by atoms with Gasteiger partial charge >= 0.3 is 0 Å². The van der Waals surface area contributed by atoms with Crippen LogP contribution in [-0.2, 0) is 6.54 Å². The van der Waals surface area contributed by atoms with Crippen molar-refractivity contribution in [2.45, 2.75) is 13.5 Å². The molecule has 3 N–H and O–H groups in total. The average Bonchev–Trinajstić information content (AvgIpc) is 2.81. The molecular weight excluding hydrogens is 280 g/mol. The van der Waals surface area contributed by atoms with Gasteiger partial charge in [-0.05, 0) is 19.1 Å². The van der Waals surface area contributed by atoms with E-state index < -0.39 is 10.8 Å². The van der Waals surface area contributed by atoms with E-state index in [1.54, 1.807) is 0 Å². The number of amides is 1. The molecule has 7 nitrogen and oxygen atoms in total. The number of aromatic nitrogens is 1. The number of hydrogen-bond acceptors (Lipinski definition) is 6. The summed E-state index contributed by atoms with van der Waals surface area (Å²) in [5.41, 5.74) is 6.25. The summed E-state index contributed by atoms with van der Waals surface area (Å²) in [4.78, 5) is 26.5. The number of nitrogens with two attached hydrogens (primary N) is 1. The van der Waals surface area contributed by atoms with Crippen LogP contribution in [0.5, 0.6) is 0 Å². The Morgan fingerprint density at radius 2 is 2.30 bits per heavy atom. The van der Waals surface area contributed by atoms with Gasteiger partial charge in [-0.3, -0.25) is 14.9 Å². The van der Waals surface area contributed by atoms with Crippen LogP contribution in [0.4, 0.5) is 11.4 Å². The first kappa shape index (κ1) is 13.9. The predicted octanol–water partition coefficient (Wildman–Crippen LogP) is 1.87. The van der Waals surface area contributed by atoms with E-state index in [0.717, 1.165) is 5.01 Å². The molecule has 2 aromatic rings. The van der Waals surface area contributed by atoms with Crippen molar-refractivity contribution in [3.05, 3.63) is 50.0 Å². The first-order valence-corrected chi connectivity index (χ1v) is 6.58. The van der Waals surface area contributed by atoms with E-state index in [1.165, 1.54) is 29.5 Å². The van der Waals surface area contributed by atoms with E-state index in [0.29, 0.717) is 11.4 Å². The van der Waals surface area contributed by atoms with E-state index >= 15 is 0 Å². The number of thiazole rings is 1. The Morgan fingerprint density at radius 3 is 2.90 bits per heavy atom. The number of hydrogen-bond donors (Lipinski definition) is 2. The summed E-state index contributed by atoms with van der Waals surface area (Å²) in [6.07, 6.45) is 0. The zero-order valence-corrected chi connectivity index (χ0v) is 11.4. The summed E-state index contributed by atoms with van der Waals surface area (Å²) in [6, 6.07) is 3.90. The number of nitrogens with zero attached hydrogens (tertiary/aromatic N) is 2. The van der Waals surface area contributed by atoms with Gasteiger partial charge in [0.1, 0.15) is 5.56 Å². The molecule has 0 saturated carbocycles. The minimum Gasteiger partial charge on any atom is -0.399 e. The van der Waals surface area contributed by atoms with Crippen molar-refractivity contribution in [1.82, 2.24) is 10.3 Å². The molecule has 20 heavy (non-hydrogen) atoms. The lowest BCUT2D eigenvalue weighted by Gasteiger charge is -2.05. The lowest BCUT2D eigenvalue weighted by Crippen LogP contribution is -2.24. The minimum atomic E-state index is -0.610. The molecule has 1 aromatic carbocycles. The number of carbonyl (C=O) groups excluding carboxylic acids is 1. The fraction of sp³-hybridized carbons (Fsp3) is 0.167. The number of aryl methyl sites for hydroxylation is 1. The SMILES string of the molecule is Cc1nc(CNC(=O)c2cc(N)ccc2[N+](=O)[O-])cs1. The van der Waals surface area contributed by atoms with Gasteiger partial charge in [0, 0.05) is 17.1 Å². The molecule has 1 aromatic heterocycles. The molecule has 2 rings (SSSR count). The molecule has 8 heteroatoms. The standard InChI is InChI=1S/C12H12N4O3S/c1-7-15-9(6-20-7)5-14-12(17)10-4-8(13)2-3-11(10)16(18)19/h2-4,6H,5,13H2,1H3,(H,14,17). The van der Waals surface area contributed by atoms with Crippen molar-refractivity contribution < 1.29 is 9.72 Å². The second-order valence-electron chi connectivity index (χ2n) is 4.07. The molecule has 0 aliphatic heterocycles. The van der Waals surface area contributed by atoms with Crippen molar-refractivity contribution in [2.75, 3.05) is 5.73 Å². The molecule has 0 unspecified atom stereocenters. The zero-order chi connectivity index (χ0) is 14.7. The predicted molar refractivity (Wildman–Crippen MR) is 75.5 cm³/mol. The van der Waals surface area contributed by atoms with Gasteiger partial charge in [-0.1, -0.05) is 0 Å². The first-order valence-electron chi connectivity index (χ1n) is 5.70. The topological polar surface area (TPSA) is 111 Å². The Bertz CT molecular complexity index is 668. The highest BCUT2D eigenvalue weighted by Crippen LogP contribution is 2.21. The molecule has 0 atom stereocenters. The number of anilines is 1. The fourth-order valence-electron chi connectivity index (χ4n) is 1.65. The Kier molecular flexibility index (Phi) is 3.94. The second-order valence-corrected chi connectivity index (χ2v) is 5.14. The molecular formula is C12H12N4O3S. The van der Waals surface area contributed by atoms with Crippen LogP contribution >= 0.6 is 11.3 Å². The van der Waals surface area contributed by atoms with Crippen LogP contribution in [0.15, 0.2) is 23.6 Å². The molecule has 0 aliphatic carbocycles. The van der Waals surface area contributed by atoms with Crippen molar-refractivity contribution in [2.24, 2.45) is 0 Å². The van der Waals surface area contributed by atoms with Crippen LogP contribution in [0.1, 0.15) is 21.1 Å². The van der Waals surface area contributed by atoms with Gasteiger partial charge in [0.2, 0.25) is 0 Å². The summed E-state index contributed by atoms with van der Waals surface area (Å²) in [5, 5.41) is 16.2. The molecule has 104 valence electrons. The maximum Gasteiger partial charge on any atom is 0.282 e. The number of nitro groups is 1. The normalized spacial score (nSPS) is 10.2. The van der Waals surface area contributed by atoms with E-state index in [1.807, 2.05) is 12.3 Å². The summed E-state index contributed by atoms with van der Waals surface area (Å²) in [5.74, 6) is -0.547. The van der Waals surface area contributed by atoms with Crippen molar-refractivity contribution in [3.8, 4) is 0 Å². The summed E-state index contributed by atoms with van der Waals surface area (Å²) in [6.45, 7) is 2.08. The highest BCUT2D eigenvalue weighted by Gasteiger charge is 2.20. The fourth-order valence-corrected chi connectivity index (χ4v) is 2.26. The van der Waals surface area contributed by atoms with Gasteiger partial charge in [0.15, 0.2) is 0 Å². The lowest BCUT2D eigenvalue weighted by atomic mass is 10.1. The third-order valence-corrected chi connectivity index (χ3v) is 3.38. The van der Waals surface area contributed by atoms with Crippen LogP contribution in [0, 0.1) is 17.0 Å². The van der Waals surface area contributed by atoms with Crippen LogP contribution in [0.2, 0.25) is 0 Å². The number of rotatable bonds is 4. The van der Waals surface area contributed by atoms with Crippen molar-refractivity contribution >= 4 is 28.6 Å². The molecule has 1 amide bonds. The third kappa shape index (κ3) is 3.09. The van der Waals surface area contributed by atoms with Gasteiger partial charge in [0.25, 0.3) is 11.6 Å². The summed E-state index contributed by atoms with van der Waals surface area (Å²) < 4.78 is 0. The van der Waals surface area contributed by atoms with Crippen LogP contribution in [-0.4, -0.2) is 15.8 Å². The largest absolute Gasteiger partial charge is 0.399 e. The Labute approximate surface area is 118 Å². The molecule has 0 fully saturated rings. The van der Waals surface area contributed by atoms with Gasteiger partial charge < -0.3 is 11.1 Å². The third-order valence-electron chi connectivity index (χ3n) is 2.56. The number of carbonyl (C=O) groups is 1. The van der Waals surface area contributed by atoms with Gasteiger partial charge in [0.05, 0.1) is 22.2 Å². The monoisotopic (exact) mass is 292 g/mol. The second kappa shape index (κ2) is 5.66.